The Balaban J connectivity index is 0.956. The van der Waals surface area contributed by atoms with Crippen molar-refractivity contribution in [2.75, 3.05) is 45.9 Å². The number of esters is 1. The maximum absolute atomic E-state index is 14.9. The van der Waals surface area contributed by atoms with Gasteiger partial charge in [0, 0.05) is 44.1 Å². The van der Waals surface area contributed by atoms with Crippen LogP contribution >= 0.6 is 0 Å². The molecule has 1 aromatic rings. The van der Waals surface area contributed by atoms with Crippen LogP contribution in [0.4, 0.5) is 13.2 Å². The van der Waals surface area contributed by atoms with Crippen LogP contribution in [0.15, 0.2) is 17.2 Å². The topological polar surface area (TPSA) is 198 Å². The van der Waals surface area contributed by atoms with Crippen LogP contribution < -0.4 is 16.0 Å². The van der Waals surface area contributed by atoms with E-state index in [2.05, 4.69) is 55.7 Å². The van der Waals surface area contributed by atoms with Crippen molar-refractivity contribution in [2.45, 2.75) is 150 Å². The van der Waals surface area contributed by atoms with Gasteiger partial charge in [0.2, 0.25) is 0 Å². The highest BCUT2D eigenvalue weighted by molar-refractivity contribution is 6.04. The van der Waals surface area contributed by atoms with E-state index in [0.29, 0.717) is 55.7 Å². The first-order valence-corrected chi connectivity index (χ1v) is 25.6. The molecule has 70 heavy (non-hydrogen) atoms. The number of hydrogen-bond acceptors (Lipinski definition) is 11. The summed E-state index contributed by atoms with van der Waals surface area (Å²) in [6, 6.07) is 0.532. The summed E-state index contributed by atoms with van der Waals surface area (Å²) >= 11 is 0. The Bertz CT molecular complexity index is 2400. The monoisotopic (exact) mass is 983 g/mol. The minimum Gasteiger partial charge on any atom is -0.481 e. The molecule has 0 aromatic carbocycles. The first-order chi connectivity index (χ1) is 32.6. The molecule has 2 saturated heterocycles. The van der Waals surface area contributed by atoms with Gasteiger partial charge in [-0.1, -0.05) is 62.3 Å². The fourth-order valence-electron chi connectivity index (χ4n) is 16.1. The number of ether oxygens (including phenoxy) is 2. The average molecular weight is 983 g/mol. The lowest BCUT2D eigenvalue weighted by Gasteiger charge is -2.72. The lowest BCUT2D eigenvalue weighted by molar-refractivity contribution is -0.235. The first-order valence-electron chi connectivity index (χ1n) is 25.6. The summed E-state index contributed by atoms with van der Waals surface area (Å²) < 4.78 is 54.6. The quantitative estimate of drug-likeness (QED) is 0.187. The van der Waals surface area contributed by atoms with Crippen molar-refractivity contribution in [3.05, 3.63) is 28.6 Å². The van der Waals surface area contributed by atoms with Crippen LogP contribution in [0.2, 0.25) is 0 Å². The maximum atomic E-state index is 14.9. The number of carbonyl (C=O) groups excluding carboxylic acids is 5. The number of nitrogens with one attached hydrogen (secondary N) is 3. The van der Waals surface area contributed by atoms with Gasteiger partial charge in [0.1, 0.15) is 11.8 Å². The Labute approximate surface area is 408 Å². The summed E-state index contributed by atoms with van der Waals surface area (Å²) in [5.74, 6) is -4.33. The van der Waals surface area contributed by atoms with Crippen LogP contribution in [-0.2, 0) is 34.8 Å². The molecule has 0 unspecified atom stereocenters. The molecule has 1 aromatic heterocycles. The smallest absolute Gasteiger partial charge is 0.435 e. The van der Waals surface area contributed by atoms with E-state index in [9.17, 15) is 47.0 Å². The van der Waals surface area contributed by atoms with Gasteiger partial charge in [0.15, 0.2) is 17.0 Å². The first kappa shape index (κ1) is 50.8. The maximum Gasteiger partial charge on any atom is 0.435 e. The number of piperazine rings is 1. The zero-order valence-electron chi connectivity index (χ0n) is 42.3. The Morgan fingerprint density at radius 3 is 2.17 bits per heavy atom. The van der Waals surface area contributed by atoms with Gasteiger partial charge in [-0.05, 0) is 114 Å². The van der Waals surface area contributed by atoms with E-state index in [1.165, 1.54) is 0 Å². The second-order valence-corrected chi connectivity index (χ2v) is 24.8. The summed E-state index contributed by atoms with van der Waals surface area (Å²) in [6.45, 7) is 20.8. The van der Waals surface area contributed by atoms with Gasteiger partial charge in [0.05, 0.1) is 37.1 Å². The van der Waals surface area contributed by atoms with E-state index in [1.54, 1.807) is 4.90 Å². The van der Waals surface area contributed by atoms with Crippen molar-refractivity contribution < 1.29 is 56.5 Å². The number of allylic oxidation sites excluding steroid dienone is 1. The summed E-state index contributed by atoms with van der Waals surface area (Å²) in [5.41, 5.74) is -4.61. The molecule has 18 heteroatoms. The molecule has 2 aliphatic heterocycles. The molecule has 4 N–H and O–H groups in total. The second-order valence-electron chi connectivity index (χ2n) is 24.8. The number of alkyl halides is 3. The third-order valence-electron chi connectivity index (χ3n) is 20.4. The molecular weight excluding hydrogens is 910 g/mol. The number of carboxylic acid groups (broad SMARTS) is 1. The molecule has 7 fully saturated rings. The van der Waals surface area contributed by atoms with Gasteiger partial charge in [-0.15, -0.1) is 0 Å². The van der Waals surface area contributed by atoms with Crippen LogP contribution in [0.25, 0.3) is 0 Å². The fourth-order valence-corrected chi connectivity index (χ4v) is 16.1. The number of hydrogen-bond donors (Lipinski definition) is 4. The number of halogens is 3. The van der Waals surface area contributed by atoms with Crippen molar-refractivity contribution >= 4 is 35.4 Å². The predicted molar refractivity (Wildman–Crippen MR) is 249 cm³/mol. The predicted octanol–water partition coefficient (Wildman–Crippen LogP) is 6.45. The van der Waals surface area contributed by atoms with Crippen molar-refractivity contribution in [1.82, 2.24) is 30.6 Å². The van der Waals surface area contributed by atoms with Crippen molar-refractivity contribution in [3.63, 3.8) is 0 Å². The summed E-state index contributed by atoms with van der Waals surface area (Å²) in [4.78, 5) is 84.2. The molecule has 9 rings (SSSR count). The SMILES string of the molecule is CC(C)C1=C2[C@H]3CC[C@@H]4[C@@]5(C)CC[C@H](OC(=O)[C@H]6C[C@@H](C(=O)O)C6(C)C)C(C)(C)[C@@H]5CC[C@@]4(C)[C@]3(C)CC[C@@]2(NC(=O)C2(NC(=O)c3cc(C(F)(F)F)nn3C(=O)CN3CCNCC3)COC2)CC1=O. The second kappa shape index (κ2) is 17.0. The number of aromatic nitrogens is 2. The molecule has 386 valence electrons. The lowest BCUT2D eigenvalue weighted by atomic mass is 9.33. The molecule has 6 aliphatic carbocycles. The number of rotatable bonds is 10. The van der Waals surface area contributed by atoms with Crippen LogP contribution in [0, 0.1) is 62.6 Å². The highest BCUT2D eigenvalue weighted by Gasteiger charge is 2.71. The number of Topliss-reactive ketones (excluding diaryl/α,β-unsaturated/α-hetero) is 1. The molecular formula is C52H73F3N6O9. The van der Waals surface area contributed by atoms with Crippen LogP contribution in [0.5, 0.6) is 0 Å². The molecule has 5 saturated carbocycles. The number of aliphatic carboxylic acids is 1. The van der Waals surface area contributed by atoms with E-state index in [1.807, 2.05) is 27.7 Å². The number of carboxylic acids is 1. The van der Waals surface area contributed by atoms with Gasteiger partial charge in [-0.25, -0.2) is 0 Å². The minimum atomic E-state index is -4.95. The molecule has 15 nitrogen and oxygen atoms in total. The van der Waals surface area contributed by atoms with Crippen molar-refractivity contribution in [2.24, 2.45) is 62.6 Å². The molecule has 0 spiro atoms. The van der Waals surface area contributed by atoms with Crippen molar-refractivity contribution in [3.8, 4) is 0 Å². The summed E-state index contributed by atoms with van der Waals surface area (Å²) in [5, 5.41) is 22.4. The number of amides is 2. The standard InChI is InChI=1S/C52H73F3N6O9/c1-28(2)39-33(62)24-50(58-44(68)51(26-69-27-51)57-41(64)32-23-36(52(53,54)55)59-61(32)38(63)25-60-20-18-56-19-21-60)17-16-48(8)29(40(39)50)10-11-35-47(7)14-13-37(46(5,6)34(47)12-15-49(35,48)9)70-43(67)31-22-30(42(65)66)45(31,3)4/h23,28-31,34-35,37,56H,10-22,24-27H2,1-9H3,(H,57,64)(H,58,68)(H,65,66)/t29-,30+,31-,34+,35-,37+,47+,48-,49-,50-/m1/s1. The molecule has 10 atom stereocenters. The summed E-state index contributed by atoms with van der Waals surface area (Å²) in [7, 11) is 0. The molecule has 0 radical (unpaired) electrons. The van der Waals surface area contributed by atoms with E-state index in [0.717, 1.165) is 49.7 Å². The number of carbonyl (C=O) groups is 6. The van der Waals surface area contributed by atoms with E-state index in [4.69, 9.17) is 9.47 Å². The summed E-state index contributed by atoms with van der Waals surface area (Å²) in [6.07, 6.45) is 1.44. The van der Waals surface area contributed by atoms with E-state index in [-0.39, 0.29) is 89.9 Å². The van der Waals surface area contributed by atoms with Gasteiger partial charge in [-0.3, -0.25) is 33.7 Å². The molecule has 8 aliphatic rings. The fraction of sp³-hybridized carbons (Fsp3) is 0.788. The van der Waals surface area contributed by atoms with Gasteiger partial charge < -0.3 is 30.5 Å². The Morgan fingerprint density at radius 2 is 1.57 bits per heavy atom. The van der Waals surface area contributed by atoms with Crippen molar-refractivity contribution in [1.29, 1.82) is 0 Å². The third-order valence-corrected chi connectivity index (χ3v) is 20.4. The van der Waals surface area contributed by atoms with Crippen LogP contribution in [-0.4, -0.2) is 118 Å². The highest BCUT2D eigenvalue weighted by atomic mass is 19.4. The van der Waals surface area contributed by atoms with Gasteiger partial charge in [0.25, 0.3) is 17.7 Å². The van der Waals surface area contributed by atoms with E-state index >= 15 is 0 Å². The highest BCUT2D eigenvalue weighted by Crippen LogP contribution is 2.76. The molecule has 0 bridgehead atoms. The Kier molecular flexibility index (Phi) is 12.3. The van der Waals surface area contributed by atoms with E-state index < -0.39 is 69.6 Å². The molecule has 2 amide bonds. The number of fused-ring (bicyclic) bond motifs is 7. The molecule has 3 heterocycles. The Hall–Kier alpha value is -4.16. The normalized spacial score (nSPS) is 37.4. The number of nitrogens with zero attached hydrogens (tertiary/aromatic N) is 3. The van der Waals surface area contributed by atoms with Crippen LogP contribution in [0.3, 0.4) is 0 Å². The zero-order valence-corrected chi connectivity index (χ0v) is 42.3. The van der Waals surface area contributed by atoms with Crippen LogP contribution in [0.1, 0.15) is 147 Å². The average Bonchev–Trinajstić information content (AvgIpc) is 3.84. The van der Waals surface area contributed by atoms with Gasteiger partial charge >= 0.3 is 18.1 Å². The minimum absolute atomic E-state index is 0.0228. The lowest BCUT2D eigenvalue weighted by Crippen LogP contribution is -2.73. The van der Waals surface area contributed by atoms with Gasteiger partial charge in [-0.2, -0.15) is 23.0 Å². The third kappa shape index (κ3) is 7.62. The largest absolute Gasteiger partial charge is 0.481 e. The number of ketones is 1. The zero-order chi connectivity index (χ0) is 50.9. The Morgan fingerprint density at radius 1 is 0.886 bits per heavy atom.